The first kappa shape index (κ1) is 21.1. The van der Waals surface area contributed by atoms with E-state index in [9.17, 15) is 9.59 Å². The topological polar surface area (TPSA) is 92.8 Å². The number of methoxy groups -OCH3 is 1. The number of amidine groups is 1. The molecule has 10 nitrogen and oxygen atoms in total. The van der Waals surface area contributed by atoms with Crippen molar-refractivity contribution in [2.24, 2.45) is 10.1 Å². The highest BCUT2D eigenvalue weighted by atomic mass is 35.5. The van der Waals surface area contributed by atoms with Crippen molar-refractivity contribution in [3.8, 4) is 5.75 Å². The number of hydrazone groups is 1. The van der Waals surface area contributed by atoms with Gasteiger partial charge in [0.15, 0.2) is 0 Å². The first-order valence-electron chi connectivity index (χ1n) is 9.93. The Bertz CT molecular complexity index is 1050. The molecule has 3 amide bonds. The van der Waals surface area contributed by atoms with Gasteiger partial charge in [0.2, 0.25) is 11.9 Å². The highest BCUT2D eigenvalue weighted by Gasteiger charge is 2.55. The minimum absolute atomic E-state index is 0.127. The van der Waals surface area contributed by atoms with Gasteiger partial charge in [0, 0.05) is 25.7 Å². The van der Waals surface area contributed by atoms with E-state index in [1.54, 1.807) is 37.4 Å². The number of amides is 3. The zero-order valence-electron chi connectivity index (χ0n) is 18.1. The lowest BCUT2D eigenvalue weighted by Crippen LogP contribution is -2.63. The van der Waals surface area contributed by atoms with Gasteiger partial charge in [-0.15, -0.1) is 10.1 Å². The van der Waals surface area contributed by atoms with Crippen LogP contribution in [-0.4, -0.2) is 95.2 Å². The summed E-state index contributed by atoms with van der Waals surface area (Å²) in [4.78, 5) is 32.5. The summed E-state index contributed by atoms with van der Waals surface area (Å²) in [7, 11) is 4.72. The van der Waals surface area contributed by atoms with Gasteiger partial charge in [0.1, 0.15) is 18.3 Å². The molecule has 0 bridgehead atoms. The second-order valence-corrected chi connectivity index (χ2v) is 8.07. The van der Waals surface area contributed by atoms with E-state index < -0.39 is 12.1 Å². The highest BCUT2D eigenvalue weighted by molar-refractivity contribution is 6.31. The minimum Gasteiger partial charge on any atom is -0.495 e. The Hall–Kier alpha value is -3.14. The lowest BCUT2D eigenvalue weighted by Gasteiger charge is -2.33. The molecular formula is C20H25ClN7O3+. The van der Waals surface area contributed by atoms with E-state index in [4.69, 9.17) is 16.3 Å². The summed E-state index contributed by atoms with van der Waals surface area (Å²) in [5, 5.41) is 10.4. The van der Waals surface area contributed by atoms with Crippen LogP contribution >= 0.6 is 11.6 Å². The third-order valence-electron chi connectivity index (χ3n) is 5.78. The maximum absolute atomic E-state index is 12.9. The van der Waals surface area contributed by atoms with Crippen LogP contribution in [0.25, 0.3) is 0 Å². The first-order chi connectivity index (χ1) is 14.7. The van der Waals surface area contributed by atoms with Crippen LogP contribution in [-0.2, 0) is 4.79 Å². The molecule has 0 aliphatic carbocycles. The van der Waals surface area contributed by atoms with Crippen LogP contribution in [0.2, 0.25) is 5.02 Å². The van der Waals surface area contributed by atoms with Crippen LogP contribution in [0.15, 0.2) is 28.3 Å². The Morgan fingerprint density at radius 2 is 2.00 bits per heavy atom. The number of hydrogen-bond acceptors (Lipinski definition) is 7. The molecule has 2 unspecified atom stereocenters. The number of nitrogens with zero attached hydrogens (tertiary/aromatic N) is 6. The molecule has 2 atom stereocenters. The number of likely N-dealkylation sites (N-methyl/N-ethyl adjacent to an activating group) is 2. The molecule has 0 radical (unpaired) electrons. The lowest BCUT2D eigenvalue weighted by molar-refractivity contribution is -0.559. The highest BCUT2D eigenvalue weighted by Crippen LogP contribution is 2.28. The monoisotopic (exact) mass is 446 g/mol. The van der Waals surface area contributed by atoms with Crippen molar-refractivity contribution < 1.29 is 18.9 Å². The first-order valence-corrected chi connectivity index (χ1v) is 10.3. The molecular weight excluding hydrogens is 422 g/mol. The smallest absolute Gasteiger partial charge is 0.417 e. The van der Waals surface area contributed by atoms with Crippen LogP contribution in [0.5, 0.6) is 5.75 Å². The number of anilines is 1. The van der Waals surface area contributed by atoms with Crippen molar-refractivity contribution in [3.63, 3.8) is 0 Å². The van der Waals surface area contributed by atoms with Crippen LogP contribution in [0, 0.1) is 0 Å². The van der Waals surface area contributed by atoms with E-state index in [-0.39, 0.29) is 11.9 Å². The molecule has 1 N–H and O–H groups in total. The summed E-state index contributed by atoms with van der Waals surface area (Å²) in [5.41, 5.74) is 1.63. The summed E-state index contributed by atoms with van der Waals surface area (Å²) < 4.78 is 7.30. The summed E-state index contributed by atoms with van der Waals surface area (Å²) in [6.07, 6.45) is 0. The van der Waals surface area contributed by atoms with E-state index in [0.29, 0.717) is 35.7 Å². The van der Waals surface area contributed by atoms with Gasteiger partial charge in [-0.25, -0.2) is 9.37 Å². The van der Waals surface area contributed by atoms with Gasteiger partial charge < -0.3 is 10.1 Å². The third-order valence-corrected chi connectivity index (χ3v) is 6.02. The average molecular weight is 447 g/mol. The number of hydrogen-bond donors (Lipinski definition) is 1. The van der Waals surface area contributed by atoms with Crippen molar-refractivity contribution >= 4 is 46.7 Å². The summed E-state index contributed by atoms with van der Waals surface area (Å²) in [5.74, 6) is 1.38. The number of carbonyl (C=O) groups excluding carboxylic acids is 2. The molecule has 3 heterocycles. The molecule has 4 rings (SSSR count). The molecule has 11 heteroatoms. The number of urea groups is 1. The number of imide groups is 1. The molecule has 1 aromatic carbocycles. The number of ether oxygens (including phenoxy) is 1. The summed E-state index contributed by atoms with van der Waals surface area (Å²) in [6, 6.07) is 4.19. The molecule has 0 aromatic heterocycles. The normalized spacial score (nSPS) is 23.0. The van der Waals surface area contributed by atoms with Crippen LogP contribution in [0.1, 0.15) is 13.8 Å². The molecule has 31 heavy (non-hydrogen) atoms. The number of rotatable bonds is 5. The Morgan fingerprint density at radius 3 is 2.71 bits per heavy atom. The zero-order valence-corrected chi connectivity index (χ0v) is 18.8. The maximum Gasteiger partial charge on any atom is 0.417 e. The van der Waals surface area contributed by atoms with Crippen LogP contribution in [0.3, 0.4) is 0 Å². The fourth-order valence-electron chi connectivity index (χ4n) is 3.92. The quantitative estimate of drug-likeness (QED) is 0.692. The van der Waals surface area contributed by atoms with Gasteiger partial charge in [-0.3, -0.25) is 14.6 Å². The maximum atomic E-state index is 12.9. The van der Waals surface area contributed by atoms with Crippen molar-refractivity contribution in [2.75, 3.05) is 39.6 Å². The molecule has 1 aromatic rings. The molecule has 0 spiro atoms. The molecule has 3 aliphatic rings. The molecule has 1 saturated heterocycles. The van der Waals surface area contributed by atoms with Gasteiger partial charge in [0.05, 0.1) is 18.5 Å². The Kier molecular flexibility index (Phi) is 5.34. The lowest BCUT2D eigenvalue weighted by atomic mass is 10.1. The number of benzene rings is 1. The predicted octanol–water partition coefficient (Wildman–Crippen LogP) is 1.51. The SMILES string of the molecule is COc1ccc(Cl)cc1NCCN1N=C(C)C(C)[N+]2=C1N=C1C2C(=O)N(C)C(=O)N1C. The second-order valence-electron chi connectivity index (χ2n) is 7.63. The number of fused-ring (bicyclic) bond motifs is 2. The van der Waals surface area contributed by atoms with E-state index in [1.165, 1.54) is 11.9 Å². The fraction of sp³-hybridized carbons (Fsp3) is 0.450. The average Bonchev–Trinajstić information content (AvgIpc) is 3.15. The van der Waals surface area contributed by atoms with Gasteiger partial charge >= 0.3 is 12.0 Å². The fourth-order valence-corrected chi connectivity index (χ4v) is 4.09. The van der Waals surface area contributed by atoms with Crippen molar-refractivity contribution in [3.05, 3.63) is 23.2 Å². The molecule has 1 fully saturated rings. The molecule has 3 aliphatic heterocycles. The van der Waals surface area contributed by atoms with Gasteiger partial charge in [-0.05, 0) is 32.0 Å². The largest absolute Gasteiger partial charge is 0.495 e. The summed E-state index contributed by atoms with van der Waals surface area (Å²) >= 11 is 6.11. The van der Waals surface area contributed by atoms with E-state index in [0.717, 1.165) is 16.3 Å². The predicted molar refractivity (Wildman–Crippen MR) is 118 cm³/mol. The van der Waals surface area contributed by atoms with Crippen molar-refractivity contribution in [1.82, 2.24) is 14.8 Å². The van der Waals surface area contributed by atoms with Crippen LogP contribution < -0.4 is 10.1 Å². The van der Waals surface area contributed by atoms with Crippen LogP contribution in [0.4, 0.5) is 10.5 Å². The number of carbonyl (C=O) groups is 2. The van der Waals surface area contributed by atoms with Gasteiger partial charge in [-0.1, -0.05) is 16.6 Å². The third kappa shape index (κ3) is 3.40. The molecule has 0 saturated carbocycles. The number of aliphatic imine (C=N–C) groups is 1. The molecule has 164 valence electrons. The number of nitrogens with one attached hydrogen (secondary N) is 1. The Morgan fingerprint density at radius 1 is 1.26 bits per heavy atom. The second kappa shape index (κ2) is 7.84. The summed E-state index contributed by atoms with van der Waals surface area (Å²) in [6.45, 7) is 4.91. The number of halogens is 1. The van der Waals surface area contributed by atoms with Crippen molar-refractivity contribution in [1.29, 1.82) is 0 Å². The van der Waals surface area contributed by atoms with Gasteiger partial charge in [-0.2, -0.15) is 0 Å². The minimum atomic E-state index is -0.647. The van der Waals surface area contributed by atoms with Crippen molar-refractivity contribution in [2.45, 2.75) is 25.9 Å². The van der Waals surface area contributed by atoms with Gasteiger partial charge in [0.25, 0.3) is 5.91 Å². The Balaban J connectivity index is 1.59. The van der Waals surface area contributed by atoms with E-state index in [2.05, 4.69) is 15.4 Å². The van der Waals surface area contributed by atoms with E-state index >= 15 is 0 Å². The standard InChI is InChI=1S/C20H25ClN7O3/c1-11-12(2)28-16-17(25(3)20(30)26(4)18(16)29)23-19(28)27(24-11)9-8-22-14-10-13(21)6-7-15(14)31-5/h6-7,10,12,16,22H,8-9H2,1-5H3/q+1. The Labute approximate surface area is 185 Å². The number of guanidine groups is 1. The zero-order chi connectivity index (χ0) is 22.4. The van der Waals surface area contributed by atoms with E-state index in [1.807, 2.05) is 18.4 Å².